The van der Waals surface area contributed by atoms with E-state index in [-0.39, 0.29) is 11.3 Å². The molecule has 0 spiro atoms. The molecule has 0 unspecified atom stereocenters. The number of nitrogens with zero attached hydrogens (tertiary/aromatic N) is 3. The Morgan fingerprint density at radius 1 is 1.10 bits per heavy atom. The molecule has 1 aliphatic rings. The molecule has 2 heterocycles. The number of halogens is 2. The van der Waals surface area contributed by atoms with Gasteiger partial charge in [-0.3, -0.25) is 14.5 Å². The van der Waals surface area contributed by atoms with Gasteiger partial charge in [0.05, 0.1) is 11.6 Å². The van der Waals surface area contributed by atoms with Crippen molar-refractivity contribution >= 4 is 61.4 Å². The van der Waals surface area contributed by atoms with E-state index in [2.05, 4.69) is 26.1 Å². The Balaban J connectivity index is 1.93. The van der Waals surface area contributed by atoms with Crippen molar-refractivity contribution in [2.24, 2.45) is 0 Å². The highest BCUT2D eigenvalue weighted by molar-refractivity contribution is 9.10. The molecule has 29 heavy (non-hydrogen) atoms. The summed E-state index contributed by atoms with van der Waals surface area (Å²) >= 11 is 10.5. The first-order valence-corrected chi connectivity index (χ1v) is 10.5. The first-order chi connectivity index (χ1) is 13.9. The van der Waals surface area contributed by atoms with Crippen LogP contribution in [0, 0.1) is 6.92 Å². The number of carbonyl (C=O) groups is 2. The summed E-state index contributed by atoms with van der Waals surface area (Å²) in [6.07, 6.45) is 0. The van der Waals surface area contributed by atoms with Gasteiger partial charge >= 0.3 is 5.91 Å². The minimum atomic E-state index is -0.828. The SMILES string of the molecule is Cc1nnc(N2C(=O)C(=O)C(=C(O)c3ccc(Cl)cc3)[C@H]2c2ccc(Br)cc2)s1. The van der Waals surface area contributed by atoms with Crippen molar-refractivity contribution in [3.05, 3.63) is 79.7 Å². The Morgan fingerprint density at radius 3 is 2.34 bits per heavy atom. The van der Waals surface area contributed by atoms with Gasteiger partial charge in [-0.15, -0.1) is 10.2 Å². The number of carbonyl (C=O) groups excluding carboxylic acids is 2. The Morgan fingerprint density at radius 2 is 1.76 bits per heavy atom. The van der Waals surface area contributed by atoms with Crippen molar-refractivity contribution < 1.29 is 14.7 Å². The summed E-state index contributed by atoms with van der Waals surface area (Å²) in [4.78, 5) is 27.1. The monoisotopic (exact) mass is 489 g/mol. The summed E-state index contributed by atoms with van der Waals surface area (Å²) in [6.45, 7) is 1.76. The van der Waals surface area contributed by atoms with Crippen LogP contribution in [0.3, 0.4) is 0 Å². The molecule has 0 aliphatic carbocycles. The molecule has 1 aromatic heterocycles. The van der Waals surface area contributed by atoms with Gasteiger partial charge in [-0.2, -0.15) is 0 Å². The molecule has 0 saturated carbocycles. The Bertz CT molecular complexity index is 1140. The number of benzene rings is 2. The molecule has 2 aromatic carbocycles. The molecule has 146 valence electrons. The lowest BCUT2D eigenvalue weighted by Gasteiger charge is -2.22. The van der Waals surface area contributed by atoms with Crippen molar-refractivity contribution in [1.82, 2.24) is 10.2 Å². The lowest BCUT2D eigenvalue weighted by atomic mass is 9.95. The van der Waals surface area contributed by atoms with E-state index in [0.717, 1.165) is 4.47 Å². The van der Waals surface area contributed by atoms with Gasteiger partial charge in [0, 0.05) is 15.1 Å². The quantitative estimate of drug-likeness (QED) is 0.321. The van der Waals surface area contributed by atoms with Gasteiger partial charge in [-0.05, 0) is 48.9 Å². The first-order valence-electron chi connectivity index (χ1n) is 8.49. The van der Waals surface area contributed by atoms with Crippen molar-refractivity contribution in [2.75, 3.05) is 4.90 Å². The number of aryl methyl sites for hydroxylation is 1. The van der Waals surface area contributed by atoms with E-state index in [1.165, 1.54) is 16.2 Å². The van der Waals surface area contributed by atoms with Crippen LogP contribution < -0.4 is 4.90 Å². The Kier molecular flexibility index (Phi) is 5.24. The molecule has 1 fully saturated rings. The number of amides is 1. The highest BCUT2D eigenvalue weighted by Gasteiger charge is 2.48. The van der Waals surface area contributed by atoms with Gasteiger partial charge in [0.25, 0.3) is 5.78 Å². The smallest absolute Gasteiger partial charge is 0.301 e. The second-order valence-corrected chi connectivity index (χ2v) is 8.84. The molecular formula is C20H13BrClN3O3S. The van der Waals surface area contributed by atoms with Crippen LogP contribution in [-0.2, 0) is 9.59 Å². The molecule has 1 atom stereocenters. The van der Waals surface area contributed by atoms with E-state index in [1.54, 1.807) is 43.3 Å². The number of Topliss-reactive ketones (excluding diaryl/α,β-unsaturated/α-hetero) is 1. The molecule has 0 bridgehead atoms. The minimum Gasteiger partial charge on any atom is -0.507 e. The highest BCUT2D eigenvalue weighted by atomic mass is 79.9. The predicted octanol–water partition coefficient (Wildman–Crippen LogP) is 4.89. The largest absolute Gasteiger partial charge is 0.507 e. The number of aliphatic hydroxyl groups is 1. The third kappa shape index (κ3) is 3.59. The van der Waals surface area contributed by atoms with Gasteiger partial charge in [0.15, 0.2) is 0 Å². The van der Waals surface area contributed by atoms with Crippen molar-refractivity contribution in [3.8, 4) is 0 Å². The van der Waals surface area contributed by atoms with E-state index in [9.17, 15) is 14.7 Å². The minimum absolute atomic E-state index is 0.00695. The van der Waals surface area contributed by atoms with E-state index >= 15 is 0 Å². The van der Waals surface area contributed by atoms with Gasteiger partial charge in [-0.25, -0.2) is 0 Å². The molecule has 1 aliphatic heterocycles. The van der Waals surface area contributed by atoms with Crippen LogP contribution in [0.25, 0.3) is 5.76 Å². The van der Waals surface area contributed by atoms with Crippen LogP contribution in [0.4, 0.5) is 5.13 Å². The average molecular weight is 491 g/mol. The maximum absolute atomic E-state index is 12.9. The molecular weight excluding hydrogens is 478 g/mol. The molecule has 1 N–H and O–H groups in total. The van der Waals surface area contributed by atoms with E-state index in [0.29, 0.717) is 26.3 Å². The second-order valence-electron chi connectivity index (χ2n) is 6.33. The zero-order chi connectivity index (χ0) is 20.7. The fraction of sp³-hybridized carbons (Fsp3) is 0.100. The van der Waals surface area contributed by atoms with Gasteiger partial charge in [0.2, 0.25) is 5.13 Å². The summed E-state index contributed by atoms with van der Waals surface area (Å²) in [6, 6.07) is 12.8. The normalized spacial score (nSPS) is 18.4. The lowest BCUT2D eigenvalue weighted by Crippen LogP contribution is -2.29. The number of hydrogen-bond donors (Lipinski definition) is 1. The van der Waals surface area contributed by atoms with Gasteiger partial charge in [-0.1, -0.05) is 51.0 Å². The van der Waals surface area contributed by atoms with Crippen LogP contribution in [0.15, 0.2) is 58.6 Å². The summed E-state index contributed by atoms with van der Waals surface area (Å²) < 4.78 is 0.850. The number of ketones is 1. The van der Waals surface area contributed by atoms with Crippen LogP contribution in [0.2, 0.25) is 5.02 Å². The topological polar surface area (TPSA) is 83.4 Å². The van der Waals surface area contributed by atoms with Gasteiger partial charge < -0.3 is 5.11 Å². The van der Waals surface area contributed by atoms with Gasteiger partial charge in [0.1, 0.15) is 10.8 Å². The number of anilines is 1. The maximum atomic E-state index is 12.9. The number of aliphatic hydroxyl groups excluding tert-OH is 1. The summed E-state index contributed by atoms with van der Waals surface area (Å²) in [5, 5.41) is 20.4. The summed E-state index contributed by atoms with van der Waals surface area (Å²) in [5.74, 6) is -1.81. The predicted molar refractivity (Wildman–Crippen MR) is 115 cm³/mol. The Labute approximate surface area is 183 Å². The van der Waals surface area contributed by atoms with E-state index < -0.39 is 17.7 Å². The molecule has 9 heteroatoms. The second kappa shape index (κ2) is 7.70. The zero-order valence-corrected chi connectivity index (χ0v) is 18.1. The van der Waals surface area contributed by atoms with Crippen LogP contribution in [0.5, 0.6) is 0 Å². The Hall–Kier alpha value is -2.55. The first kappa shape index (κ1) is 19.8. The van der Waals surface area contributed by atoms with Crippen LogP contribution >= 0.6 is 38.9 Å². The number of rotatable bonds is 3. The molecule has 1 amide bonds. The molecule has 6 nitrogen and oxygen atoms in total. The highest BCUT2D eigenvalue weighted by Crippen LogP contribution is 2.43. The van der Waals surface area contributed by atoms with Crippen molar-refractivity contribution in [2.45, 2.75) is 13.0 Å². The molecule has 4 rings (SSSR count). The summed E-state index contributed by atoms with van der Waals surface area (Å²) in [7, 11) is 0. The zero-order valence-electron chi connectivity index (χ0n) is 15.0. The fourth-order valence-corrected chi connectivity index (χ4v) is 4.24. The standard InChI is InChI=1S/C20H13BrClN3O3S/c1-10-23-24-20(29-10)25-16(11-2-6-13(21)7-3-11)15(18(27)19(25)28)17(26)12-4-8-14(22)9-5-12/h2-9,16,26H,1H3/t16-/m1/s1. The third-order valence-corrected chi connectivity index (χ3v) is 6.09. The molecule has 1 saturated heterocycles. The average Bonchev–Trinajstić information content (AvgIpc) is 3.24. The van der Waals surface area contributed by atoms with Crippen molar-refractivity contribution in [3.63, 3.8) is 0 Å². The number of hydrogen-bond acceptors (Lipinski definition) is 6. The molecule has 0 radical (unpaired) electrons. The summed E-state index contributed by atoms with van der Waals surface area (Å²) in [5.41, 5.74) is 1.05. The number of aromatic nitrogens is 2. The molecule has 3 aromatic rings. The van der Waals surface area contributed by atoms with E-state index in [4.69, 9.17) is 11.6 Å². The maximum Gasteiger partial charge on any atom is 0.301 e. The third-order valence-electron chi connectivity index (χ3n) is 4.47. The lowest BCUT2D eigenvalue weighted by molar-refractivity contribution is -0.132. The van der Waals surface area contributed by atoms with Crippen molar-refractivity contribution in [1.29, 1.82) is 0 Å². The van der Waals surface area contributed by atoms with E-state index in [1.807, 2.05) is 12.1 Å². The van der Waals surface area contributed by atoms with Crippen LogP contribution in [-0.4, -0.2) is 27.0 Å². The van der Waals surface area contributed by atoms with Crippen LogP contribution in [0.1, 0.15) is 22.2 Å². The fourth-order valence-electron chi connectivity index (χ4n) is 3.14.